The van der Waals surface area contributed by atoms with Crippen molar-refractivity contribution in [2.75, 3.05) is 13.2 Å². The lowest BCUT2D eigenvalue weighted by atomic mass is 10.0. The minimum atomic E-state index is -0.777. The molecule has 0 saturated heterocycles. The Balaban J connectivity index is 3.39. The lowest BCUT2D eigenvalue weighted by molar-refractivity contribution is -0.161. The number of aliphatic hydroxyl groups excluding tert-OH is 1. The van der Waals surface area contributed by atoms with Gasteiger partial charge in [-0.25, -0.2) is 0 Å². The second kappa shape index (κ2) is 58.7. The molecule has 0 aliphatic rings. The fourth-order valence-electron chi connectivity index (χ4n) is 8.58. The van der Waals surface area contributed by atoms with Gasteiger partial charge in [0.1, 0.15) is 6.61 Å². The third-order valence-corrected chi connectivity index (χ3v) is 13.0. The molecule has 1 atom stereocenters. The van der Waals surface area contributed by atoms with Gasteiger partial charge in [0.05, 0.1) is 6.61 Å². The fourth-order valence-corrected chi connectivity index (χ4v) is 8.58. The molecule has 0 aromatic rings. The number of unbranched alkanes of at least 4 members (excludes halogenated alkanes) is 34. The summed E-state index contributed by atoms with van der Waals surface area (Å²) >= 11 is 0. The van der Waals surface area contributed by atoms with E-state index in [2.05, 4.69) is 86.8 Å². The highest BCUT2D eigenvalue weighted by atomic mass is 16.6. The second-order valence-corrected chi connectivity index (χ2v) is 19.7. The first-order valence-electron chi connectivity index (χ1n) is 29.5. The molecule has 1 N–H and O–H groups in total. The van der Waals surface area contributed by atoms with Gasteiger partial charge < -0.3 is 14.6 Å². The van der Waals surface area contributed by atoms with Gasteiger partial charge in [-0.05, 0) is 83.5 Å². The van der Waals surface area contributed by atoms with Gasteiger partial charge in [0, 0.05) is 12.8 Å². The first kappa shape index (κ1) is 65.3. The molecule has 0 spiro atoms. The highest BCUT2D eigenvalue weighted by Crippen LogP contribution is 2.17. The molecule has 0 aliphatic carbocycles. The zero-order valence-corrected chi connectivity index (χ0v) is 45.1. The van der Waals surface area contributed by atoms with Crippen LogP contribution >= 0.6 is 0 Å². The maximum atomic E-state index is 12.3. The Kier molecular flexibility index (Phi) is 56.4. The van der Waals surface area contributed by atoms with E-state index in [0.29, 0.717) is 12.8 Å². The molecule has 0 heterocycles. The first-order valence-corrected chi connectivity index (χ1v) is 29.5. The molecule has 0 radical (unpaired) electrons. The van der Waals surface area contributed by atoms with Gasteiger partial charge >= 0.3 is 11.9 Å². The summed E-state index contributed by atoms with van der Waals surface area (Å²) in [6.07, 6.45) is 80.5. The highest BCUT2D eigenvalue weighted by molar-refractivity contribution is 5.70. The van der Waals surface area contributed by atoms with Gasteiger partial charge in [-0.2, -0.15) is 0 Å². The summed E-state index contributed by atoms with van der Waals surface area (Å²) in [7, 11) is 0. The molecule has 0 aromatic heterocycles. The van der Waals surface area contributed by atoms with Crippen molar-refractivity contribution in [2.45, 2.75) is 302 Å². The average Bonchev–Trinajstić information content (AvgIpc) is 3.34. The predicted octanol–water partition coefficient (Wildman–Crippen LogP) is 20.0. The number of ether oxygens (including phenoxy) is 2. The molecule has 0 aromatic carbocycles. The van der Waals surface area contributed by atoms with Crippen LogP contribution in [0.4, 0.5) is 0 Å². The molecule has 0 saturated carbocycles. The van der Waals surface area contributed by atoms with Crippen molar-refractivity contribution in [3.8, 4) is 0 Å². The molecule has 0 rings (SSSR count). The van der Waals surface area contributed by atoms with Crippen LogP contribution < -0.4 is 0 Å². The van der Waals surface area contributed by atoms with Crippen molar-refractivity contribution >= 4 is 11.9 Å². The van der Waals surface area contributed by atoms with Crippen LogP contribution in [0.5, 0.6) is 0 Å². The van der Waals surface area contributed by atoms with E-state index in [1.54, 1.807) is 0 Å². The van der Waals surface area contributed by atoms with Crippen molar-refractivity contribution in [2.24, 2.45) is 0 Å². The van der Waals surface area contributed by atoms with Crippen LogP contribution in [-0.4, -0.2) is 36.4 Å². The van der Waals surface area contributed by atoms with Crippen molar-refractivity contribution in [1.82, 2.24) is 0 Å². The number of carbonyl (C=O) groups excluding carboxylic acids is 2. The first-order chi connectivity index (χ1) is 33.6. The van der Waals surface area contributed by atoms with E-state index in [-0.39, 0.29) is 25.2 Å². The number of rotatable bonds is 54. The molecule has 5 heteroatoms. The minimum Gasteiger partial charge on any atom is -0.462 e. The summed E-state index contributed by atoms with van der Waals surface area (Å²) in [6.45, 7) is 4.01. The van der Waals surface area contributed by atoms with Crippen molar-refractivity contribution in [1.29, 1.82) is 0 Å². The average molecular weight is 950 g/mol. The molecule has 0 bridgehead atoms. The largest absolute Gasteiger partial charge is 0.462 e. The summed E-state index contributed by atoms with van der Waals surface area (Å²) in [5, 5.41) is 9.63. The summed E-state index contributed by atoms with van der Waals surface area (Å²) in [5.41, 5.74) is 0. The van der Waals surface area contributed by atoms with Crippen LogP contribution in [0.2, 0.25) is 0 Å². The van der Waals surface area contributed by atoms with Crippen molar-refractivity contribution < 1.29 is 24.2 Å². The Hall–Kier alpha value is -2.66. The van der Waals surface area contributed by atoms with E-state index in [1.165, 1.54) is 193 Å². The normalized spacial score (nSPS) is 12.7. The molecule has 394 valence electrons. The molecule has 0 aliphatic heterocycles. The minimum absolute atomic E-state index is 0.0712. The zero-order chi connectivity index (χ0) is 49.2. The maximum Gasteiger partial charge on any atom is 0.306 e. The molecule has 1 unspecified atom stereocenters. The van der Waals surface area contributed by atoms with Gasteiger partial charge in [0.2, 0.25) is 0 Å². The maximum absolute atomic E-state index is 12.3. The van der Waals surface area contributed by atoms with Crippen LogP contribution in [0.3, 0.4) is 0 Å². The molecular weight excluding hydrogens is 837 g/mol. The molecular formula is C63H112O5. The second-order valence-electron chi connectivity index (χ2n) is 19.7. The third-order valence-electron chi connectivity index (χ3n) is 13.0. The van der Waals surface area contributed by atoms with Gasteiger partial charge in [-0.3, -0.25) is 9.59 Å². The van der Waals surface area contributed by atoms with E-state index < -0.39 is 6.10 Å². The van der Waals surface area contributed by atoms with E-state index in [9.17, 15) is 14.7 Å². The Morgan fingerprint density at radius 2 is 0.632 bits per heavy atom. The molecule has 0 amide bonds. The summed E-state index contributed by atoms with van der Waals surface area (Å²) in [5.74, 6) is -0.596. The van der Waals surface area contributed by atoms with Gasteiger partial charge in [-0.1, -0.05) is 273 Å². The number of carbonyl (C=O) groups is 2. The van der Waals surface area contributed by atoms with E-state index >= 15 is 0 Å². The Labute approximate surface area is 423 Å². The SMILES string of the molecule is CC/C=C\C/C=C\C/C=C\C/C=C\CCCCCCCCCCCCCCCCCCCCCCCCCCCCC(=O)OC(CO)COC(=O)CCCCCCC/C=C\C/C=C\CCCCC. The fraction of sp³-hybridized carbons (Fsp3) is 0.778. The topological polar surface area (TPSA) is 72.8 Å². The Bertz CT molecular complexity index is 1210. The number of esters is 2. The predicted molar refractivity (Wildman–Crippen MR) is 297 cm³/mol. The number of hydrogen-bond acceptors (Lipinski definition) is 5. The lowest BCUT2D eigenvalue weighted by Gasteiger charge is -2.15. The molecule has 68 heavy (non-hydrogen) atoms. The van der Waals surface area contributed by atoms with Crippen molar-refractivity contribution in [3.05, 3.63) is 72.9 Å². The smallest absolute Gasteiger partial charge is 0.306 e. The lowest BCUT2D eigenvalue weighted by Crippen LogP contribution is -2.28. The van der Waals surface area contributed by atoms with Crippen LogP contribution in [-0.2, 0) is 19.1 Å². The number of allylic oxidation sites excluding steroid dienone is 12. The quantitative estimate of drug-likeness (QED) is 0.0374. The summed E-state index contributed by atoms with van der Waals surface area (Å²) in [4.78, 5) is 24.5. The van der Waals surface area contributed by atoms with Gasteiger partial charge in [-0.15, -0.1) is 0 Å². The van der Waals surface area contributed by atoms with Crippen molar-refractivity contribution in [3.63, 3.8) is 0 Å². The molecule has 0 fully saturated rings. The Morgan fingerprint density at radius 1 is 0.353 bits per heavy atom. The third kappa shape index (κ3) is 55.9. The van der Waals surface area contributed by atoms with E-state index in [0.717, 1.165) is 77.0 Å². The van der Waals surface area contributed by atoms with Gasteiger partial charge in [0.15, 0.2) is 6.10 Å². The standard InChI is InChI=1S/C63H112O5/c1-3-5-7-9-11-13-15-17-19-20-21-22-23-24-25-26-27-28-29-30-31-32-33-34-35-36-37-38-39-40-41-42-44-46-48-50-52-54-56-58-63(66)68-61(59-64)60-67-62(65)57-55-53-51-49-47-45-43-18-16-14-12-10-8-6-4-2/h5,7,11-14,17-19,21-22,43,61,64H,3-4,6,8-10,15-16,20,23-42,44-60H2,1-2H3/b7-5-,13-11-,14-12-,19-17-,22-21-,43-18-. The van der Waals surface area contributed by atoms with E-state index in [1.807, 2.05) is 0 Å². The van der Waals surface area contributed by atoms with Crippen LogP contribution in [0, 0.1) is 0 Å². The zero-order valence-electron chi connectivity index (χ0n) is 45.1. The number of aliphatic hydroxyl groups is 1. The monoisotopic (exact) mass is 949 g/mol. The summed E-state index contributed by atoms with van der Waals surface area (Å²) < 4.78 is 10.7. The van der Waals surface area contributed by atoms with Crippen LogP contribution in [0.25, 0.3) is 0 Å². The van der Waals surface area contributed by atoms with Gasteiger partial charge in [0.25, 0.3) is 0 Å². The summed E-state index contributed by atoms with van der Waals surface area (Å²) in [6, 6.07) is 0. The molecule has 5 nitrogen and oxygen atoms in total. The Morgan fingerprint density at radius 3 is 0.956 bits per heavy atom. The van der Waals surface area contributed by atoms with Crippen LogP contribution in [0.1, 0.15) is 296 Å². The number of hydrogen-bond donors (Lipinski definition) is 1. The van der Waals surface area contributed by atoms with E-state index in [4.69, 9.17) is 9.47 Å². The highest BCUT2D eigenvalue weighted by Gasteiger charge is 2.16. The van der Waals surface area contributed by atoms with Crippen LogP contribution in [0.15, 0.2) is 72.9 Å².